The lowest BCUT2D eigenvalue weighted by atomic mass is 10.2. The Hall–Kier alpha value is -2.31. The maximum absolute atomic E-state index is 11.9. The molecule has 0 aliphatic rings. The van der Waals surface area contributed by atoms with Gasteiger partial charge in [-0.1, -0.05) is 0 Å². The highest BCUT2D eigenvalue weighted by Gasteiger charge is 2.14. The molecule has 0 atom stereocenters. The first kappa shape index (κ1) is 12.2. The number of nitrogens with zero attached hydrogens (tertiary/aromatic N) is 4. The Balaban J connectivity index is 2.05. The van der Waals surface area contributed by atoms with Crippen molar-refractivity contribution in [3.63, 3.8) is 0 Å². The first-order valence-electron chi connectivity index (χ1n) is 5.54. The molecule has 18 heavy (non-hydrogen) atoms. The molecule has 0 aliphatic heterocycles. The zero-order valence-electron chi connectivity index (χ0n) is 10.6. The Kier molecular flexibility index (Phi) is 3.05. The lowest BCUT2D eigenvalue weighted by Crippen LogP contribution is -2.23. The third kappa shape index (κ3) is 2.06. The van der Waals surface area contributed by atoms with Gasteiger partial charge in [0.15, 0.2) is 0 Å². The molecule has 3 N–H and O–H groups in total. The lowest BCUT2D eigenvalue weighted by molar-refractivity contribution is 0.0951. The van der Waals surface area contributed by atoms with Gasteiger partial charge in [-0.25, -0.2) is 0 Å². The summed E-state index contributed by atoms with van der Waals surface area (Å²) in [6.45, 7) is 2.37. The van der Waals surface area contributed by atoms with Gasteiger partial charge < -0.3 is 11.1 Å². The number of aromatic nitrogens is 4. The maximum Gasteiger partial charge on any atom is 0.256 e. The van der Waals surface area contributed by atoms with Gasteiger partial charge in [0.25, 0.3) is 5.91 Å². The van der Waals surface area contributed by atoms with E-state index in [1.807, 2.05) is 14.0 Å². The molecule has 96 valence electrons. The number of anilines is 1. The Labute approximate surface area is 105 Å². The van der Waals surface area contributed by atoms with Crippen LogP contribution in [0.5, 0.6) is 0 Å². The van der Waals surface area contributed by atoms with Crippen molar-refractivity contribution in [1.82, 2.24) is 24.9 Å². The number of nitrogens with two attached hydrogens (primary N) is 1. The summed E-state index contributed by atoms with van der Waals surface area (Å²) in [5, 5.41) is 10.8. The van der Waals surface area contributed by atoms with Crippen molar-refractivity contribution >= 4 is 11.7 Å². The van der Waals surface area contributed by atoms with E-state index in [2.05, 4.69) is 15.5 Å². The number of rotatable bonds is 3. The maximum atomic E-state index is 11.9. The second kappa shape index (κ2) is 4.52. The normalized spacial score (nSPS) is 10.6. The van der Waals surface area contributed by atoms with Crippen LogP contribution in [0.4, 0.5) is 5.82 Å². The number of aryl methyl sites for hydroxylation is 2. The van der Waals surface area contributed by atoms with Crippen LogP contribution in [0.1, 0.15) is 21.6 Å². The molecule has 0 saturated carbocycles. The van der Waals surface area contributed by atoms with E-state index in [9.17, 15) is 4.79 Å². The number of nitrogens with one attached hydrogen (secondary N) is 1. The van der Waals surface area contributed by atoms with Crippen molar-refractivity contribution in [2.45, 2.75) is 13.5 Å². The molecule has 0 spiro atoms. The predicted molar refractivity (Wildman–Crippen MR) is 66.7 cm³/mol. The van der Waals surface area contributed by atoms with E-state index in [1.54, 1.807) is 17.9 Å². The molecule has 0 fully saturated rings. The van der Waals surface area contributed by atoms with E-state index in [4.69, 9.17) is 5.73 Å². The van der Waals surface area contributed by atoms with Crippen LogP contribution >= 0.6 is 0 Å². The Morgan fingerprint density at radius 3 is 2.50 bits per heavy atom. The first-order chi connectivity index (χ1) is 8.50. The fourth-order valence-electron chi connectivity index (χ4n) is 1.61. The van der Waals surface area contributed by atoms with Crippen LogP contribution in [0, 0.1) is 6.92 Å². The number of hydrogen-bond acceptors (Lipinski definition) is 4. The van der Waals surface area contributed by atoms with Crippen molar-refractivity contribution in [2.24, 2.45) is 14.1 Å². The predicted octanol–water partition coefficient (Wildman–Crippen LogP) is -0.0258. The van der Waals surface area contributed by atoms with Crippen molar-refractivity contribution in [3.8, 4) is 0 Å². The summed E-state index contributed by atoms with van der Waals surface area (Å²) in [6, 6.07) is 0. The average Bonchev–Trinajstić information content (AvgIpc) is 2.83. The third-order valence-electron chi connectivity index (χ3n) is 3.01. The second-order valence-electron chi connectivity index (χ2n) is 4.13. The smallest absolute Gasteiger partial charge is 0.256 e. The molecule has 0 bridgehead atoms. The molecular formula is C11H16N6O. The topological polar surface area (TPSA) is 90.8 Å². The van der Waals surface area contributed by atoms with Crippen LogP contribution in [0.25, 0.3) is 0 Å². The Morgan fingerprint density at radius 2 is 2.00 bits per heavy atom. The van der Waals surface area contributed by atoms with E-state index >= 15 is 0 Å². The van der Waals surface area contributed by atoms with E-state index in [0.717, 1.165) is 11.3 Å². The van der Waals surface area contributed by atoms with E-state index in [1.165, 1.54) is 10.9 Å². The zero-order chi connectivity index (χ0) is 13.3. The number of hydrogen-bond donors (Lipinski definition) is 2. The van der Waals surface area contributed by atoms with Gasteiger partial charge in [-0.05, 0) is 6.92 Å². The largest absolute Gasteiger partial charge is 0.383 e. The van der Waals surface area contributed by atoms with Crippen molar-refractivity contribution in [2.75, 3.05) is 5.73 Å². The molecule has 2 aromatic rings. The highest BCUT2D eigenvalue weighted by Crippen LogP contribution is 2.10. The SMILES string of the molecule is Cc1c(CNC(=O)c2cnn(C)c2N)cnn1C. The molecule has 7 nitrogen and oxygen atoms in total. The van der Waals surface area contributed by atoms with Gasteiger partial charge in [0.1, 0.15) is 11.4 Å². The van der Waals surface area contributed by atoms with Gasteiger partial charge in [-0.15, -0.1) is 0 Å². The summed E-state index contributed by atoms with van der Waals surface area (Å²) in [5.74, 6) is 0.124. The number of nitrogen functional groups attached to an aromatic ring is 1. The fraction of sp³-hybridized carbons (Fsp3) is 0.364. The fourth-order valence-corrected chi connectivity index (χ4v) is 1.61. The Morgan fingerprint density at radius 1 is 1.33 bits per heavy atom. The molecule has 2 rings (SSSR count). The molecule has 2 heterocycles. The second-order valence-corrected chi connectivity index (χ2v) is 4.13. The standard InChI is InChI=1S/C11H16N6O/c1-7-8(5-14-16(7)2)4-13-11(18)9-6-15-17(3)10(9)12/h5-6H,4,12H2,1-3H3,(H,13,18). The summed E-state index contributed by atoms with van der Waals surface area (Å²) in [4.78, 5) is 11.9. The molecule has 1 amide bonds. The molecule has 7 heteroatoms. The minimum absolute atomic E-state index is 0.233. The number of carbonyl (C=O) groups is 1. The van der Waals surface area contributed by atoms with E-state index in [0.29, 0.717) is 17.9 Å². The molecule has 2 aromatic heterocycles. The van der Waals surface area contributed by atoms with Gasteiger partial charge in [0, 0.05) is 31.9 Å². The van der Waals surface area contributed by atoms with Gasteiger partial charge in [0.05, 0.1) is 12.4 Å². The molecular weight excluding hydrogens is 232 g/mol. The Bertz CT molecular complexity index is 582. The number of carbonyl (C=O) groups excluding carboxylic acids is 1. The quantitative estimate of drug-likeness (QED) is 0.798. The van der Waals surface area contributed by atoms with E-state index < -0.39 is 0 Å². The monoisotopic (exact) mass is 248 g/mol. The summed E-state index contributed by atoms with van der Waals surface area (Å²) in [5.41, 5.74) is 8.12. The van der Waals surface area contributed by atoms with Crippen molar-refractivity contribution in [1.29, 1.82) is 0 Å². The average molecular weight is 248 g/mol. The van der Waals surface area contributed by atoms with Gasteiger partial charge in [0.2, 0.25) is 0 Å². The summed E-state index contributed by atoms with van der Waals surface area (Å²) >= 11 is 0. The van der Waals surface area contributed by atoms with Crippen LogP contribution in [0.3, 0.4) is 0 Å². The molecule has 0 radical (unpaired) electrons. The van der Waals surface area contributed by atoms with Crippen LogP contribution in [-0.4, -0.2) is 25.5 Å². The number of amides is 1. The minimum atomic E-state index is -0.233. The van der Waals surface area contributed by atoms with Gasteiger partial charge in [-0.3, -0.25) is 14.2 Å². The van der Waals surface area contributed by atoms with E-state index in [-0.39, 0.29) is 5.91 Å². The minimum Gasteiger partial charge on any atom is -0.383 e. The molecule has 0 unspecified atom stereocenters. The summed E-state index contributed by atoms with van der Waals surface area (Å²) in [6.07, 6.45) is 3.20. The van der Waals surface area contributed by atoms with Crippen LogP contribution < -0.4 is 11.1 Å². The van der Waals surface area contributed by atoms with Crippen molar-refractivity contribution < 1.29 is 4.79 Å². The van der Waals surface area contributed by atoms with Gasteiger partial charge >= 0.3 is 0 Å². The summed E-state index contributed by atoms with van der Waals surface area (Å²) in [7, 11) is 3.55. The zero-order valence-corrected chi connectivity index (χ0v) is 10.6. The lowest BCUT2D eigenvalue weighted by Gasteiger charge is -2.04. The first-order valence-corrected chi connectivity index (χ1v) is 5.54. The van der Waals surface area contributed by atoms with Crippen LogP contribution in [0.2, 0.25) is 0 Å². The van der Waals surface area contributed by atoms with Crippen molar-refractivity contribution in [3.05, 3.63) is 29.2 Å². The van der Waals surface area contributed by atoms with Gasteiger partial charge in [-0.2, -0.15) is 10.2 Å². The molecule has 0 aromatic carbocycles. The highest BCUT2D eigenvalue weighted by molar-refractivity contribution is 5.98. The highest BCUT2D eigenvalue weighted by atomic mass is 16.1. The van der Waals surface area contributed by atoms with Crippen LogP contribution in [-0.2, 0) is 20.6 Å². The summed E-state index contributed by atoms with van der Waals surface area (Å²) < 4.78 is 3.23. The molecule has 0 saturated heterocycles. The molecule has 0 aliphatic carbocycles. The van der Waals surface area contributed by atoms with Crippen LogP contribution in [0.15, 0.2) is 12.4 Å². The third-order valence-corrected chi connectivity index (χ3v) is 3.01.